The second-order valence-corrected chi connectivity index (χ2v) is 4.92. The molecular weight excluding hydrogens is 186 g/mol. The van der Waals surface area contributed by atoms with Gasteiger partial charge < -0.3 is 4.90 Å². The Morgan fingerprint density at radius 2 is 1.77 bits per heavy atom. The molecule has 1 heterocycles. The lowest BCUT2D eigenvalue weighted by Gasteiger charge is -2.33. The average molecular weight is 203 g/mol. The molecule has 2 atom stereocenters. The number of halogens is 1. The van der Waals surface area contributed by atoms with Gasteiger partial charge in [0.15, 0.2) is 0 Å². The van der Waals surface area contributed by atoms with E-state index < -0.39 is 0 Å². The maximum Gasteiger partial charge on any atom is 0.0954 e. The van der Waals surface area contributed by atoms with E-state index in [1.807, 2.05) is 0 Å². The third-order valence-corrected chi connectivity index (χ3v) is 3.73. The normalized spacial score (nSPS) is 38.3. The Morgan fingerprint density at radius 3 is 2.31 bits per heavy atom. The number of hydrogen-bond donors (Lipinski definition) is 0. The molecule has 0 aromatic heterocycles. The third kappa shape index (κ3) is 2.36. The smallest absolute Gasteiger partial charge is 0.0954 e. The monoisotopic (exact) mass is 202 g/mol. The van der Waals surface area contributed by atoms with Crippen LogP contribution < -0.4 is 0 Å². The van der Waals surface area contributed by atoms with Crippen molar-refractivity contribution in [2.75, 3.05) is 13.1 Å². The van der Waals surface area contributed by atoms with Crippen LogP contribution >= 0.6 is 11.6 Å². The maximum atomic E-state index is 11.1. The summed E-state index contributed by atoms with van der Waals surface area (Å²) in [5.41, 5.74) is 0. The van der Waals surface area contributed by atoms with Crippen LogP contribution in [-0.2, 0) is 5.11 Å². The minimum atomic E-state index is -0.301. The van der Waals surface area contributed by atoms with Crippen LogP contribution in [0.2, 0.25) is 0 Å². The summed E-state index contributed by atoms with van der Waals surface area (Å²) in [6.45, 7) is 2.00. The van der Waals surface area contributed by atoms with E-state index >= 15 is 0 Å². The highest BCUT2D eigenvalue weighted by molar-refractivity contribution is 6.20. The zero-order valence-electron chi connectivity index (χ0n) is 7.92. The van der Waals surface area contributed by atoms with Crippen molar-refractivity contribution in [2.45, 2.75) is 49.6 Å². The van der Waals surface area contributed by atoms with E-state index in [2.05, 4.69) is 4.90 Å². The van der Waals surface area contributed by atoms with E-state index in [9.17, 15) is 5.11 Å². The van der Waals surface area contributed by atoms with Gasteiger partial charge in [-0.3, -0.25) is 0 Å². The molecule has 0 aromatic rings. The number of likely N-dealkylation sites (tertiary alicyclic amines) is 1. The van der Waals surface area contributed by atoms with E-state index in [1.165, 1.54) is 6.42 Å². The molecule has 2 nitrogen and oxygen atoms in total. The van der Waals surface area contributed by atoms with Gasteiger partial charge in [0, 0.05) is 24.5 Å². The van der Waals surface area contributed by atoms with Gasteiger partial charge in [-0.15, -0.1) is 11.6 Å². The van der Waals surface area contributed by atoms with Gasteiger partial charge in [0.25, 0.3) is 0 Å². The molecule has 0 spiro atoms. The third-order valence-electron chi connectivity index (χ3n) is 3.33. The van der Waals surface area contributed by atoms with Crippen LogP contribution in [-0.4, -0.2) is 35.5 Å². The predicted molar refractivity (Wildman–Crippen MR) is 52.6 cm³/mol. The molecule has 2 aliphatic rings. The molecule has 0 aromatic carbocycles. The van der Waals surface area contributed by atoms with Crippen molar-refractivity contribution in [3.63, 3.8) is 0 Å². The molecule has 1 radical (unpaired) electrons. The van der Waals surface area contributed by atoms with Crippen molar-refractivity contribution in [1.29, 1.82) is 0 Å². The summed E-state index contributed by atoms with van der Waals surface area (Å²) in [7, 11) is 0. The van der Waals surface area contributed by atoms with Crippen molar-refractivity contribution in [1.82, 2.24) is 4.90 Å². The standard InChI is InChI=1S/C10H17ClNO/c11-8-1-2-9(7-8)12-5-3-10(13)4-6-12/h8-10H,1-7H2. The van der Waals surface area contributed by atoms with E-state index in [4.69, 9.17) is 11.6 Å². The van der Waals surface area contributed by atoms with Gasteiger partial charge in [-0.05, 0) is 32.1 Å². The number of rotatable bonds is 1. The molecule has 2 fully saturated rings. The van der Waals surface area contributed by atoms with Gasteiger partial charge in [0.05, 0.1) is 6.10 Å². The molecule has 75 valence electrons. The van der Waals surface area contributed by atoms with Crippen molar-refractivity contribution < 1.29 is 5.11 Å². The highest BCUT2D eigenvalue weighted by Crippen LogP contribution is 2.29. The molecule has 0 bridgehead atoms. The van der Waals surface area contributed by atoms with Crippen LogP contribution in [0.5, 0.6) is 0 Å². The van der Waals surface area contributed by atoms with E-state index in [0.717, 1.165) is 38.8 Å². The predicted octanol–water partition coefficient (Wildman–Crippen LogP) is 2.04. The molecule has 0 N–H and O–H groups in total. The zero-order chi connectivity index (χ0) is 9.26. The number of hydrogen-bond acceptors (Lipinski definition) is 1. The van der Waals surface area contributed by atoms with E-state index in [-0.39, 0.29) is 6.10 Å². The van der Waals surface area contributed by atoms with E-state index in [1.54, 1.807) is 0 Å². The number of nitrogens with zero attached hydrogens (tertiary/aromatic N) is 1. The SMILES string of the molecule is [O]C1CCN(C2CCC(Cl)C2)CC1. The Morgan fingerprint density at radius 1 is 1.08 bits per heavy atom. The van der Waals surface area contributed by atoms with Crippen molar-refractivity contribution in [3.05, 3.63) is 0 Å². The highest BCUT2D eigenvalue weighted by atomic mass is 35.5. The Labute approximate surface area is 84.9 Å². The lowest BCUT2D eigenvalue weighted by molar-refractivity contribution is 0.0159. The lowest BCUT2D eigenvalue weighted by Crippen LogP contribution is -2.41. The van der Waals surface area contributed by atoms with Crippen molar-refractivity contribution in [2.24, 2.45) is 0 Å². The first-order valence-electron chi connectivity index (χ1n) is 5.29. The first kappa shape index (κ1) is 9.75. The maximum absolute atomic E-state index is 11.1. The highest BCUT2D eigenvalue weighted by Gasteiger charge is 2.30. The van der Waals surface area contributed by atoms with Crippen LogP contribution in [0, 0.1) is 0 Å². The summed E-state index contributed by atoms with van der Waals surface area (Å²) in [6, 6.07) is 0.676. The summed E-state index contributed by atoms with van der Waals surface area (Å²) in [6.07, 6.45) is 4.89. The Kier molecular flexibility index (Phi) is 3.12. The first-order valence-corrected chi connectivity index (χ1v) is 5.73. The molecule has 1 aliphatic carbocycles. The van der Waals surface area contributed by atoms with Crippen LogP contribution in [0.15, 0.2) is 0 Å². The minimum Gasteiger partial charge on any atom is -0.300 e. The number of piperidine rings is 1. The van der Waals surface area contributed by atoms with Gasteiger partial charge in [-0.25, -0.2) is 5.11 Å². The molecule has 13 heavy (non-hydrogen) atoms. The summed E-state index contributed by atoms with van der Waals surface area (Å²) < 4.78 is 0. The van der Waals surface area contributed by atoms with Crippen LogP contribution in [0.25, 0.3) is 0 Å². The molecule has 2 unspecified atom stereocenters. The van der Waals surface area contributed by atoms with Gasteiger partial charge >= 0.3 is 0 Å². The fourth-order valence-electron chi connectivity index (χ4n) is 2.48. The van der Waals surface area contributed by atoms with Crippen LogP contribution in [0.1, 0.15) is 32.1 Å². The minimum absolute atomic E-state index is 0.301. The summed E-state index contributed by atoms with van der Waals surface area (Å²) >= 11 is 6.07. The molecule has 0 amide bonds. The molecule has 3 heteroatoms. The molecule has 1 aliphatic heterocycles. The zero-order valence-corrected chi connectivity index (χ0v) is 8.67. The van der Waals surface area contributed by atoms with E-state index in [0.29, 0.717) is 11.4 Å². The Bertz CT molecular complexity index is 168. The molecular formula is C10H17ClNO. The second-order valence-electron chi connectivity index (χ2n) is 4.30. The lowest BCUT2D eigenvalue weighted by atomic mass is 10.1. The van der Waals surface area contributed by atoms with Crippen LogP contribution in [0.4, 0.5) is 0 Å². The molecule has 2 rings (SSSR count). The first-order chi connectivity index (χ1) is 6.25. The van der Waals surface area contributed by atoms with Gasteiger partial charge in [-0.1, -0.05) is 0 Å². The summed E-state index contributed by atoms with van der Waals surface area (Å²) in [5, 5.41) is 11.5. The number of alkyl halides is 1. The largest absolute Gasteiger partial charge is 0.300 e. The second kappa shape index (κ2) is 4.16. The Balaban J connectivity index is 1.81. The summed E-state index contributed by atoms with van der Waals surface area (Å²) in [5.74, 6) is 0. The molecule has 1 saturated heterocycles. The Hall–Kier alpha value is 0.210. The average Bonchev–Trinajstić information content (AvgIpc) is 2.53. The topological polar surface area (TPSA) is 23.1 Å². The van der Waals surface area contributed by atoms with Gasteiger partial charge in [-0.2, -0.15) is 0 Å². The van der Waals surface area contributed by atoms with Gasteiger partial charge in [0.2, 0.25) is 0 Å². The molecule has 1 saturated carbocycles. The van der Waals surface area contributed by atoms with Crippen molar-refractivity contribution >= 4 is 11.6 Å². The fourth-order valence-corrected chi connectivity index (χ4v) is 2.81. The van der Waals surface area contributed by atoms with Crippen molar-refractivity contribution in [3.8, 4) is 0 Å². The quantitative estimate of drug-likeness (QED) is 0.597. The summed E-state index contributed by atoms with van der Waals surface area (Å²) in [4.78, 5) is 2.47. The van der Waals surface area contributed by atoms with Gasteiger partial charge in [0.1, 0.15) is 0 Å². The van der Waals surface area contributed by atoms with Crippen LogP contribution in [0.3, 0.4) is 0 Å². The fraction of sp³-hybridized carbons (Fsp3) is 1.00.